The normalized spacial score (nSPS) is 10.5. The zero-order chi connectivity index (χ0) is 23.1. The van der Waals surface area contributed by atoms with E-state index in [1.54, 1.807) is 0 Å². The third-order valence-corrected chi connectivity index (χ3v) is 4.15. The van der Waals surface area contributed by atoms with Gasteiger partial charge in [-0.05, 0) is 12.1 Å². The summed E-state index contributed by atoms with van der Waals surface area (Å²) in [6.45, 7) is 0.866. The summed E-state index contributed by atoms with van der Waals surface area (Å²) < 4.78 is 0. The quantitative estimate of drug-likeness (QED) is 0.295. The summed E-state index contributed by atoms with van der Waals surface area (Å²) >= 11 is 0. The Kier molecular flexibility index (Phi) is 7.43. The number of anilines is 2. The van der Waals surface area contributed by atoms with Crippen LogP contribution >= 0.6 is 0 Å². The molecular formula is C16H17N7O8. The number of hydrogen-bond acceptors (Lipinski definition) is 11. The molecule has 2 aromatic carbocycles. The van der Waals surface area contributed by atoms with Crippen molar-refractivity contribution in [3.05, 3.63) is 76.9 Å². The molecule has 0 bridgehead atoms. The van der Waals surface area contributed by atoms with Crippen LogP contribution in [0.1, 0.15) is 0 Å². The van der Waals surface area contributed by atoms with Crippen LogP contribution in [-0.4, -0.2) is 45.9 Å². The minimum Gasteiger partial charge on any atom is -0.329 e. The van der Waals surface area contributed by atoms with Crippen molar-refractivity contribution in [2.75, 3.05) is 31.1 Å². The highest BCUT2D eigenvalue weighted by molar-refractivity contribution is 5.79. The van der Waals surface area contributed by atoms with E-state index in [9.17, 15) is 40.5 Å². The number of nitrogens with zero attached hydrogens (tertiary/aromatic N) is 5. The molecule has 0 aliphatic heterocycles. The predicted octanol–water partition coefficient (Wildman–Crippen LogP) is 2.01. The van der Waals surface area contributed by atoms with Crippen LogP contribution in [0.25, 0.3) is 0 Å². The Morgan fingerprint density at radius 3 is 1.55 bits per heavy atom. The van der Waals surface area contributed by atoms with Crippen molar-refractivity contribution in [2.45, 2.75) is 0 Å². The van der Waals surface area contributed by atoms with E-state index in [0.29, 0.717) is 13.1 Å². The second-order valence-corrected chi connectivity index (χ2v) is 6.06. The van der Waals surface area contributed by atoms with Crippen LogP contribution in [0.2, 0.25) is 0 Å². The molecule has 2 rings (SSSR count). The van der Waals surface area contributed by atoms with Crippen molar-refractivity contribution in [3.8, 4) is 0 Å². The summed E-state index contributed by atoms with van der Waals surface area (Å²) in [5.74, 6) is 0. The van der Waals surface area contributed by atoms with Gasteiger partial charge in [0, 0.05) is 38.3 Å². The summed E-state index contributed by atoms with van der Waals surface area (Å²) in [7, 11) is 0. The molecule has 0 aliphatic carbocycles. The highest BCUT2D eigenvalue weighted by atomic mass is 16.6. The summed E-state index contributed by atoms with van der Waals surface area (Å²) in [6.07, 6.45) is 0. The molecule has 0 saturated carbocycles. The van der Waals surface area contributed by atoms with Crippen molar-refractivity contribution in [3.63, 3.8) is 0 Å². The molecule has 164 valence electrons. The van der Waals surface area contributed by atoms with Crippen LogP contribution in [0.3, 0.4) is 0 Å². The van der Waals surface area contributed by atoms with Crippen molar-refractivity contribution < 1.29 is 19.7 Å². The first-order chi connectivity index (χ1) is 14.7. The lowest BCUT2D eigenvalue weighted by Gasteiger charge is -2.24. The Morgan fingerprint density at radius 2 is 1.19 bits per heavy atom. The first-order valence-electron chi connectivity index (χ1n) is 8.71. The average Bonchev–Trinajstić information content (AvgIpc) is 2.73. The maximum Gasteiger partial charge on any atom is 0.299 e. The molecule has 0 fully saturated rings. The van der Waals surface area contributed by atoms with Gasteiger partial charge in [0.05, 0.1) is 31.8 Å². The minimum atomic E-state index is -0.847. The Hall–Kier alpha value is -4.24. The summed E-state index contributed by atoms with van der Waals surface area (Å²) in [5.41, 5.74) is 2.73. The number of nitrogens with one attached hydrogen (secondary N) is 1. The number of non-ortho nitro benzene ring substituents is 2. The maximum absolute atomic E-state index is 11.6. The molecule has 31 heavy (non-hydrogen) atoms. The number of nitro groups is 4. The van der Waals surface area contributed by atoms with Crippen molar-refractivity contribution in [1.29, 1.82) is 0 Å². The number of benzene rings is 2. The molecular weight excluding hydrogens is 418 g/mol. The molecule has 0 radical (unpaired) electrons. The zero-order valence-electron chi connectivity index (χ0n) is 15.9. The van der Waals surface area contributed by atoms with Crippen LogP contribution in [0.15, 0.2) is 36.4 Å². The Labute approximate surface area is 173 Å². The lowest BCUT2D eigenvalue weighted by atomic mass is 10.1. The molecule has 0 atom stereocenters. The zero-order valence-corrected chi connectivity index (χ0v) is 15.9. The fourth-order valence-corrected chi connectivity index (χ4v) is 2.79. The van der Waals surface area contributed by atoms with Crippen molar-refractivity contribution in [2.24, 2.45) is 5.73 Å². The highest BCUT2D eigenvalue weighted by Crippen LogP contribution is 2.40. The standard InChI is InChI=1S/C16H17N7O8/c17-5-6-18-7-8-19(13-3-1-11(20(24)25)9-15(13)22(28)29)14-4-2-12(21(26)27)10-16(14)23(30)31/h1-4,9-10,18H,5-8,17H2. The van der Waals surface area contributed by atoms with E-state index in [4.69, 9.17) is 5.73 Å². The molecule has 3 N–H and O–H groups in total. The molecule has 2 aromatic rings. The van der Waals surface area contributed by atoms with E-state index in [2.05, 4.69) is 5.32 Å². The molecule has 0 aliphatic rings. The molecule has 0 saturated heterocycles. The molecule has 0 amide bonds. The lowest BCUT2D eigenvalue weighted by molar-refractivity contribution is -0.393. The van der Waals surface area contributed by atoms with Crippen LogP contribution < -0.4 is 16.0 Å². The van der Waals surface area contributed by atoms with E-state index in [-0.39, 0.29) is 24.5 Å². The first kappa shape index (κ1) is 23.0. The number of hydrogen-bond donors (Lipinski definition) is 2. The van der Waals surface area contributed by atoms with Crippen LogP contribution in [0.4, 0.5) is 34.1 Å². The van der Waals surface area contributed by atoms with Gasteiger partial charge >= 0.3 is 0 Å². The third-order valence-electron chi connectivity index (χ3n) is 4.15. The van der Waals surface area contributed by atoms with Gasteiger partial charge in [0.25, 0.3) is 22.7 Å². The lowest BCUT2D eigenvalue weighted by Crippen LogP contribution is -2.32. The fraction of sp³-hybridized carbons (Fsp3) is 0.250. The van der Waals surface area contributed by atoms with Gasteiger partial charge in [0.15, 0.2) is 0 Å². The minimum absolute atomic E-state index is 0.0305. The van der Waals surface area contributed by atoms with Crippen molar-refractivity contribution in [1.82, 2.24) is 5.32 Å². The molecule has 15 heteroatoms. The van der Waals surface area contributed by atoms with Gasteiger partial charge in [-0.2, -0.15) is 0 Å². The smallest absolute Gasteiger partial charge is 0.299 e. The van der Waals surface area contributed by atoms with Crippen LogP contribution in [-0.2, 0) is 0 Å². The number of rotatable bonds is 11. The highest BCUT2D eigenvalue weighted by Gasteiger charge is 2.29. The Balaban J connectivity index is 2.67. The molecule has 0 unspecified atom stereocenters. The monoisotopic (exact) mass is 435 g/mol. The van der Waals surface area contributed by atoms with Crippen LogP contribution in [0.5, 0.6) is 0 Å². The van der Waals surface area contributed by atoms with E-state index >= 15 is 0 Å². The van der Waals surface area contributed by atoms with Gasteiger partial charge in [0.2, 0.25) is 0 Å². The summed E-state index contributed by atoms with van der Waals surface area (Å²) in [5, 5.41) is 48.1. The topological polar surface area (TPSA) is 214 Å². The predicted molar refractivity (Wildman–Crippen MR) is 108 cm³/mol. The van der Waals surface area contributed by atoms with Gasteiger partial charge in [-0.15, -0.1) is 0 Å². The first-order valence-corrected chi connectivity index (χ1v) is 8.71. The van der Waals surface area contributed by atoms with E-state index in [1.807, 2.05) is 0 Å². The fourth-order valence-electron chi connectivity index (χ4n) is 2.79. The summed E-state index contributed by atoms with van der Waals surface area (Å²) in [6, 6.07) is 5.74. The van der Waals surface area contributed by atoms with E-state index in [0.717, 1.165) is 36.4 Å². The van der Waals surface area contributed by atoms with Crippen molar-refractivity contribution >= 4 is 34.1 Å². The van der Waals surface area contributed by atoms with Gasteiger partial charge in [-0.1, -0.05) is 0 Å². The maximum atomic E-state index is 11.6. The largest absolute Gasteiger partial charge is 0.329 e. The van der Waals surface area contributed by atoms with Gasteiger partial charge in [-0.3, -0.25) is 40.5 Å². The van der Waals surface area contributed by atoms with Gasteiger partial charge < -0.3 is 16.0 Å². The second-order valence-electron chi connectivity index (χ2n) is 6.06. The Morgan fingerprint density at radius 1 is 0.742 bits per heavy atom. The summed E-state index contributed by atoms with van der Waals surface area (Å²) in [4.78, 5) is 43.1. The Bertz CT molecular complexity index is 954. The number of nitrogens with two attached hydrogens (primary N) is 1. The molecule has 0 heterocycles. The third kappa shape index (κ3) is 5.43. The van der Waals surface area contributed by atoms with Gasteiger partial charge in [0.1, 0.15) is 11.4 Å². The van der Waals surface area contributed by atoms with Gasteiger partial charge in [-0.25, -0.2) is 0 Å². The average molecular weight is 435 g/mol. The van der Waals surface area contributed by atoms with E-state index in [1.165, 1.54) is 4.90 Å². The van der Waals surface area contributed by atoms with E-state index < -0.39 is 42.4 Å². The van der Waals surface area contributed by atoms with Crippen LogP contribution in [0, 0.1) is 40.5 Å². The molecule has 0 aromatic heterocycles. The molecule has 0 spiro atoms. The SMILES string of the molecule is NCCNCCN(c1ccc([N+](=O)[O-])cc1[N+](=O)[O-])c1ccc([N+](=O)[O-])cc1[N+](=O)[O-]. The molecule has 15 nitrogen and oxygen atoms in total. The second kappa shape index (κ2) is 9.99. The number of nitro benzene ring substituents is 4.